The Morgan fingerprint density at radius 2 is 1.96 bits per heavy atom. The molecule has 0 atom stereocenters. The van der Waals surface area contributed by atoms with Crippen LogP contribution < -0.4 is 5.32 Å². The predicted molar refractivity (Wildman–Crippen MR) is 107 cm³/mol. The third kappa shape index (κ3) is 6.19. The largest absolute Gasteiger partial charge is 0.352 e. The van der Waals surface area contributed by atoms with Crippen LogP contribution in [0.1, 0.15) is 44.1 Å². The molecule has 1 aromatic carbocycles. The van der Waals surface area contributed by atoms with Crippen LogP contribution in [0.2, 0.25) is 5.02 Å². The quantitative estimate of drug-likeness (QED) is 0.796. The molecule has 1 N–H and O–H groups in total. The van der Waals surface area contributed by atoms with Gasteiger partial charge in [-0.15, -0.1) is 0 Å². The van der Waals surface area contributed by atoms with Crippen molar-refractivity contribution in [3.05, 3.63) is 34.9 Å². The van der Waals surface area contributed by atoms with Gasteiger partial charge in [-0.3, -0.25) is 4.79 Å². The lowest BCUT2D eigenvalue weighted by Crippen LogP contribution is -2.43. The van der Waals surface area contributed by atoms with Crippen LogP contribution in [0.4, 0.5) is 0 Å². The number of likely N-dealkylation sites (tertiary alicyclic amines) is 1. The summed E-state index contributed by atoms with van der Waals surface area (Å²) in [6, 6.07) is 8.49. The molecule has 0 aliphatic carbocycles. The number of rotatable bonds is 6. The molecule has 2 fully saturated rings. The Kier molecular flexibility index (Phi) is 7.50. The highest BCUT2D eigenvalue weighted by atomic mass is 35.5. The van der Waals surface area contributed by atoms with Gasteiger partial charge in [0.1, 0.15) is 0 Å². The van der Waals surface area contributed by atoms with Gasteiger partial charge in [0.2, 0.25) is 5.91 Å². The number of halogens is 1. The van der Waals surface area contributed by atoms with Crippen molar-refractivity contribution in [1.29, 1.82) is 0 Å². The van der Waals surface area contributed by atoms with E-state index in [1.165, 1.54) is 50.3 Å². The van der Waals surface area contributed by atoms with E-state index in [-0.39, 0.29) is 5.91 Å². The smallest absolute Gasteiger partial charge is 0.220 e. The Morgan fingerprint density at radius 1 is 1.20 bits per heavy atom. The molecular formula is C20H29ClN2OS. The maximum absolute atomic E-state index is 12.1. The van der Waals surface area contributed by atoms with Gasteiger partial charge < -0.3 is 10.2 Å². The highest BCUT2D eigenvalue weighted by molar-refractivity contribution is 7.99. The molecule has 138 valence electrons. The van der Waals surface area contributed by atoms with Gasteiger partial charge in [0.05, 0.1) is 0 Å². The molecule has 3 rings (SSSR count). The highest BCUT2D eigenvalue weighted by Crippen LogP contribution is 2.28. The number of benzene rings is 1. The third-order valence-electron chi connectivity index (χ3n) is 5.51. The number of amides is 1. The van der Waals surface area contributed by atoms with Crippen molar-refractivity contribution >= 4 is 29.3 Å². The average molecular weight is 381 g/mol. The lowest BCUT2D eigenvalue weighted by molar-refractivity contribution is -0.121. The van der Waals surface area contributed by atoms with E-state index in [2.05, 4.69) is 22.0 Å². The summed E-state index contributed by atoms with van der Waals surface area (Å²) in [5.74, 6) is 3.53. The molecule has 0 bridgehead atoms. The molecule has 0 spiro atoms. The van der Waals surface area contributed by atoms with E-state index < -0.39 is 0 Å². The van der Waals surface area contributed by atoms with Crippen molar-refractivity contribution < 1.29 is 4.79 Å². The summed E-state index contributed by atoms with van der Waals surface area (Å²) < 4.78 is 0. The number of carbonyl (C=O) groups excluding carboxylic acids is 1. The second-order valence-electron chi connectivity index (χ2n) is 7.27. The van der Waals surface area contributed by atoms with Crippen LogP contribution in [-0.4, -0.2) is 41.4 Å². The molecule has 5 heteroatoms. The standard InChI is InChI=1S/C20H29ClN2OS/c21-18-3-1-2-17(14-18)15-22-20(24)5-4-16-6-10-23(11-7-16)19-8-12-25-13-9-19/h1-3,14,16,19H,4-13,15H2,(H,22,24). The summed E-state index contributed by atoms with van der Waals surface area (Å²) in [4.78, 5) is 14.8. The molecule has 0 radical (unpaired) electrons. The molecule has 0 aromatic heterocycles. The number of hydrogen-bond acceptors (Lipinski definition) is 3. The summed E-state index contributed by atoms with van der Waals surface area (Å²) in [5.41, 5.74) is 1.06. The van der Waals surface area contributed by atoms with E-state index in [1.54, 1.807) is 0 Å². The van der Waals surface area contributed by atoms with Crippen molar-refractivity contribution in [3.8, 4) is 0 Å². The van der Waals surface area contributed by atoms with E-state index in [1.807, 2.05) is 24.3 Å². The van der Waals surface area contributed by atoms with Crippen LogP contribution in [-0.2, 0) is 11.3 Å². The lowest BCUT2D eigenvalue weighted by Gasteiger charge is -2.39. The molecule has 0 unspecified atom stereocenters. The maximum Gasteiger partial charge on any atom is 0.220 e. The third-order valence-corrected chi connectivity index (χ3v) is 6.80. The summed E-state index contributed by atoms with van der Waals surface area (Å²) in [6.07, 6.45) is 6.90. The minimum Gasteiger partial charge on any atom is -0.352 e. The zero-order valence-corrected chi connectivity index (χ0v) is 16.5. The molecule has 2 heterocycles. The Morgan fingerprint density at radius 3 is 2.68 bits per heavy atom. The highest BCUT2D eigenvalue weighted by Gasteiger charge is 2.26. The Labute approximate surface area is 160 Å². The topological polar surface area (TPSA) is 32.3 Å². The second kappa shape index (κ2) is 9.84. The first-order valence-corrected chi connectivity index (χ1v) is 11.1. The van der Waals surface area contributed by atoms with Crippen LogP contribution in [0.15, 0.2) is 24.3 Å². The van der Waals surface area contributed by atoms with Gasteiger partial charge in [0.25, 0.3) is 0 Å². The first-order chi connectivity index (χ1) is 12.2. The van der Waals surface area contributed by atoms with E-state index in [0.717, 1.165) is 23.0 Å². The second-order valence-corrected chi connectivity index (χ2v) is 8.93. The monoisotopic (exact) mass is 380 g/mol. The van der Waals surface area contributed by atoms with Gasteiger partial charge in [0, 0.05) is 24.0 Å². The van der Waals surface area contributed by atoms with Crippen molar-refractivity contribution in [2.45, 2.75) is 51.1 Å². The summed E-state index contributed by atoms with van der Waals surface area (Å²) in [5, 5.41) is 3.73. The fourth-order valence-electron chi connectivity index (χ4n) is 3.93. The lowest BCUT2D eigenvalue weighted by atomic mass is 9.90. The van der Waals surface area contributed by atoms with Gasteiger partial charge in [-0.25, -0.2) is 0 Å². The van der Waals surface area contributed by atoms with Crippen molar-refractivity contribution in [2.24, 2.45) is 5.92 Å². The van der Waals surface area contributed by atoms with Gasteiger partial charge >= 0.3 is 0 Å². The summed E-state index contributed by atoms with van der Waals surface area (Å²) in [6.45, 7) is 3.02. The molecule has 1 amide bonds. The van der Waals surface area contributed by atoms with Crippen molar-refractivity contribution in [3.63, 3.8) is 0 Å². The van der Waals surface area contributed by atoms with E-state index in [9.17, 15) is 4.79 Å². The SMILES string of the molecule is O=C(CCC1CCN(C2CCSCC2)CC1)NCc1cccc(Cl)c1. The molecule has 0 saturated carbocycles. The number of nitrogens with one attached hydrogen (secondary N) is 1. The molecular weight excluding hydrogens is 352 g/mol. The van der Waals surface area contributed by atoms with Gasteiger partial charge in [-0.05, 0) is 80.3 Å². The fourth-order valence-corrected chi connectivity index (χ4v) is 5.22. The van der Waals surface area contributed by atoms with Gasteiger partial charge in [-0.1, -0.05) is 23.7 Å². The van der Waals surface area contributed by atoms with E-state index in [0.29, 0.717) is 18.9 Å². The Bertz CT molecular complexity index is 554. The van der Waals surface area contributed by atoms with Crippen LogP contribution in [0, 0.1) is 5.92 Å². The molecule has 1 aromatic rings. The van der Waals surface area contributed by atoms with Crippen molar-refractivity contribution in [1.82, 2.24) is 10.2 Å². The minimum atomic E-state index is 0.159. The van der Waals surface area contributed by atoms with E-state index >= 15 is 0 Å². The zero-order valence-electron chi connectivity index (χ0n) is 14.9. The number of nitrogens with zero attached hydrogens (tertiary/aromatic N) is 1. The van der Waals surface area contributed by atoms with Crippen LogP contribution in [0.3, 0.4) is 0 Å². The number of carbonyl (C=O) groups is 1. The molecule has 2 aliphatic rings. The number of hydrogen-bond donors (Lipinski definition) is 1. The summed E-state index contributed by atoms with van der Waals surface area (Å²) in [7, 11) is 0. The first kappa shape index (κ1) is 19.1. The predicted octanol–water partition coefficient (Wildman–Crippen LogP) is 4.34. The van der Waals surface area contributed by atoms with Crippen molar-refractivity contribution in [2.75, 3.05) is 24.6 Å². The first-order valence-electron chi connectivity index (χ1n) is 9.53. The number of thioether (sulfide) groups is 1. The van der Waals surface area contributed by atoms with Crippen LogP contribution in [0.25, 0.3) is 0 Å². The van der Waals surface area contributed by atoms with Crippen LogP contribution >= 0.6 is 23.4 Å². The van der Waals surface area contributed by atoms with Crippen LogP contribution in [0.5, 0.6) is 0 Å². The van der Waals surface area contributed by atoms with Gasteiger partial charge in [-0.2, -0.15) is 11.8 Å². The molecule has 3 nitrogen and oxygen atoms in total. The maximum atomic E-state index is 12.1. The average Bonchev–Trinajstić information content (AvgIpc) is 2.66. The zero-order chi connectivity index (χ0) is 17.5. The Balaban J connectivity index is 1.32. The Hall–Kier alpha value is -0.710. The minimum absolute atomic E-state index is 0.159. The number of piperidine rings is 1. The molecule has 25 heavy (non-hydrogen) atoms. The fraction of sp³-hybridized carbons (Fsp3) is 0.650. The van der Waals surface area contributed by atoms with E-state index in [4.69, 9.17) is 11.6 Å². The normalized spacial score (nSPS) is 20.5. The molecule has 2 saturated heterocycles. The van der Waals surface area contributed by atoms with Gasteiger partial charge in [0.15, 0.2) is 0 Å². The molecule has 2 aliphatic heterocycles. The summed E-state index contributed by atoms with van der Waals surface area (Å²) >= 11 is 8.07.